The van der Waals surface area contributed by atoms with Gasteiger partial charge in [-0.2, -0.15) is 0 Å². The third-order valence-electron chi connectivity index (χ3n) is 9.95. The average molecular weight is 421 g/mol. The van der Waals surface area contributed by atoms with Gasteiger partial charge < -0.3 is 0 Å². The van der Waals surface area contributed by atoms with Gasteiger partial charge >= 0.3 is 0 Å². The molecule has 0 N–H and O–H groups in total. The molecular formula is C31H48. The Kier molecular flexibility index (Phi) is 7.42. The van der Waals surface area contributed by atoms with Crippen LogP contribution in [0.3, 0.4) is 0 Å². The molecule has 5 aliphatic rings. The molecule has 0 radical (unpaired) electrons. The molecule has 0 spiro atoms. The van der Waals surface area contributed by atoms with Crippen molar-refractivity contribution in [3.63, 3.8) is 0 Å². The van der Waals surface area contributed by atoms with Gasteiger partial charge in [0.25, 0.3) is 0 Å². The molecule has 0 heteroatoms. The minimum absolute atomic E-state index is 0.838. The highest BCUT2D eigenvalue weighted by molar-refractivity contribution is 5.57. The van der Waals surface area contributed by atoms with E-state index in [1.165, 1.54) is 135 Å². The van der Waals surface area contributed by atoms with Gasteiger partial charge in [-0.25, -0.2) is 0 Å². The smallest absolute Gasteiger partial charge is 0.00906 e. The number of hydrogen-bond acceptors (Lipinski definition) is 0. The second-order valence-corrected chi connectivity index (χ2v) is 11.9. The summed E-state index contributed by atoms with van der Waals surface area (Å²) in [5, 5.41) is 0. The molecule has 0 aromatic heterocycles. The summed E-state index contributed by atoms with van der Waals surface area (Å²) in [7, 11) is 0. The Balaban J connectivity index is 1.54. The van der Waals surface area contributed by atoms with E-state index < -0.39 is 0 Å². The summed E-state index contributed by atoms with van der Waals surface area (Å²) in [6.45, 7) is 5.00. The van der Waals surface area contributed by atoms with Crippen molar-refractivity contribution in [2.45, 2.75) is 135 Å². The van der Waals surface area contributed by atoms with Gasteiger partial charge in [0.1, 0.15) is 0 Å². The average Bonchev–Trinajstić information content (AvgIpc) is 2.85. The Bertz CT molecular complexity index is 622. The van der Waals surface area contributed by atoms with Crippen LogP contribution in [0, 0.1) is 23.7 Å². The van der Waals surface area contributed by atoms with Crippen LogP contribution in [0.2, 0.25) is 0 Å². The zero-order chi connectivity index (χ0) is 21.0. The van der Waals surface area contributed by atoms with Crippen molar-refractivity contribution < 1.29 is 0 Å². The molecule has 5 rings (SSSR count). The molecule has 0 heterocycles. The van der Waals surface area contributed by atoms with Crippen molar-refractivity contribution >= 4 is 0 Å². The third kappa shape index (κ3) is 4.79. The van der Waals surface area contributed by atoms with Crippen LogP contribution in [0.25, 0.3) is 0 Å². The topological polar surface area (TPSA) is 0 Å². The molecule has 0 atom stereocenters. The van der Waals surface area contributed by atoms with Gasteiger partial charge in [-0.15, -0.1) is 0 Å². The van der Waals surface area contributed by atoms with E-state index in [2.05, 4.69) is 0 Å². The highest BCUT2D eigenvalue weighted by atomic mass is 14.4. The summed E-state index contributed by atoms with van der Waals surface area (Å²) in [5.41, 5.74) is 9.12. The molecule has 4 fully saturated rings. The maximum atomic E-state index is 5.00. The second-order valence-electron chi connectivity index (χ2n) is 11.9. The summed E-state index contributed by atoms with van der Waals surface area (Å²) in [5.74, 6) is 3.44. The molecule has 4 saturated carbocycles. The Hall–Kier alpha value is -0.780. The molecule has 172 valence electrons. The Morgan fingerprint density at radius 2 is 0.677 bits per heavy atom. The first kappa shape index (κ1) is 22.0. The Morgan fingerprint density at radius 3 is 1.00 bits per heavy atom. The van der Waals surface area contributed by atoms with Crippen molar-refractivity contribution in [3.8, 4) is 0 Å². The highest BCUT2D eigenvalue weighted by Gasteiger charge is 2.37. The molecule has 0 saturated heterocycles. The fourth-order valence-corrected chi connectivity index (χ4v) is 8.36. The number of rotatable bonds is 4. The molecule has 0 aromatic carbocycles. The maximum absolute atomic E-state index is 5.00. The van der Waals surface area contributed by atoms with Gasteiger partial charge in [-0.3, -0.25) is 0 Å². The Morgan fingerprint density at radius 1 is 0.387 bits per heavy atom. The third-order valence-corrected chi connectivity index (χ3v) is 9.95. The molecule has 0 aromatic rings. The zero-order valence-corrected chi connectivity index (χ0v) is 20.4. The maximum Gasteiger partial charge on any atom is -0.00906 e. The molecule has 0 aliphatic heterocycles. The summed E-state index contributed by atoms with van der Waals surface area (Å²) in [6, 6.07) is 0. The lowest BCUT2D eigenvalue weighted by Gasteiger charge is -2.43. The second kappa shape index (κ2) is 10.4. The predicted molar refractivity (Wildman–Crippen MR) is 134 cm³/mol. The van der Waals surface area contributed by atoms with Crippen LogP contribution in [0.1, 0.15) is 135 Å². The van der Waals surface area contributed by atoms with Crippen LogP contribution in [0.15, 0.2) is 34.4 Å². The first-order valence-corrected chi connectivity index (χ1v) is 14.5. The van der Waals surface area contributed by atoms with Crippen LogP contribution in [0.5, 0.6) is 0 Å². The molecular weight excluding hydrogens is 372 g/mol. The lowest BCUT2D eigenvalue weighted by atomic mass is 9.62. The van der Waals surface area contributed by atoms with E-state index in [1.807, 2.05) is 22.3 Å². The van der Waals surface area contributed by atoms with Crippen LogP contribution in [-0.2, 0) is 0 Å². The SMILES string of the molecule is C=C1C(C2CCCCC2)=C(C2CCCCC2)CC(C2CCCCC2)=C1C1CCCCC1. The van der Waals surface area contributed by atoms with Gasteiger partial charge in [0, 0.05) is 0 Å². The molecule has 0 amide bonds. The van der Waals surface area contributed by atoms with Gasteiger partial charge in [-0.1, -0.05) is 94.8 Å². The van der Waals surface area contributed by atoms with Gasteiger partial charge in [0.15, 0.2) is 0 Å². The van der Waals surface area contributed by atoms with E-state index in [4.69, 9.17) is 6.58 Å². The monoisotopic (exact) mass is 420 g/mol. The van der Waals surface area contributed by atoms with Gasteiger partial charge in [0.05, 0.1) is 0 Å². The summed E-state index contributed by atoms with van der Waals surface area (Å²) in [4.78, 5) is 0. The van der Waals surface area contributed by atoms with E-state index in [0.717, 1.165) is 23.7 Å². The molecule has 31 heavy (non-hydrogen) atoms. The molecule has 0 unspecified atom stereocenters. The molecule has 0 bridgehead atoms. The highest BCUT2D eigenvalue weighted by Crippen LogP contribution is 2.53. The van der Waals surface area contributed by atoms with Crippen molar-refractivity contribution in [1.82, 2.24) is 0 Å². The first-order valence-electron chi connectivity index (χ1n) is 14.5. The largest absolute Gasteiger partial charge is 0.0912 e. The van der Waals surface area contributed by atoms with E-state index >= 15 is 0 Å². The Labute approximate surface area is 193 Å². The zero-order valence-electron chi connectivity index (χ0n) is 20.4. The summed E-state index contributed by atoms with van der Waals surface area (Å²) in [6.07, 6.45) is 30.6. The van der Waals surface area contributed by atoms with Crippen LogP contribution >= 0.6 is 0 Å². The lowest BCUT2D eigenvalue weighted by Crippen LogP contribution is -2.27. The van der Waals surface area contributed by atoms with Crippen molar-refractivity contribution in [2.24, 2.45) is 23.7 Å². The molecule has 0 nitrogen and oxygen atoms in total. The summed E-state index contributed by atoms with van der Waals surface area (Å²) < 4.78 is 0. The molecule has 5 aliphatic carbocycles. The van der Waals surface area contributed by atoms with Gasteiger partial charge in [-0.05, 0) is 98.2 Å². The quantitative estimate of drug-likeness (QED) is 0.424. The fourth-order valence-electron chi connectivity index (χ4n) is 8.36. The number of hydrogen-bond donors (Lipinski definition) is 0. The lowest BCUT2D eigenvalue weighted by molar-refractivity contribution is 0.345. The minimum Gasteiger partial charge on any atom is -0.0912 e. The van der Waals surface area contributed by atoms with Crippen LogP contribution in [0.4, 0.5) is 0 Å². The normalized spacial score (nSPS) is 29.1. The van der Waals surface area contributed by atoms with Crippen molar-refractivity contribution in [1.29, 1.82) is 0 Å². The summed E-state index contributed by atoms with van der Waals surface area (Å²) >= 11 is 0. The van der Waals surface area contributed by atoms with Crippen molar-refractivity contribution in [2.75, 3.05) is 0 Å². The fraction of sp³-hybridized carbons (Fsp3) is 0.806. The first-order chi connectivity index (χ1) is 15.3. The number of allylic oxidation sites excluding steroid dienone is 5. The minimum atomic E-state index is 0.838. The van der Waals surface area contributed by atoms with E-state index in [-0.39, 0.29) is 0 Å². The van der Waals surface area contributed by atoms with Crippen LogP contribution in [-0.4, -0.2) is 0 Å². The standard InChI is InChI=1S/C31H48/c1-23-30(26-18-10-4-11-19-26)28(24-14-6-2-7-15-24)22-29(25-16-8-3-9-17-25)31(23)27-20-12-5-13-21-27/h24-27H,1-22H2. The van der Waals surface area contributed by atoms with Crippen molar-refractivity contribution in [3.05, 3.63) is 34.4 Å². The van der Waals surface area contributed by atoms with E-state index in [9.17, 15) is 0 Å². The van der Waals surface area contributed by atoms with E-state index in [1.54, 1.807) is 5.57 Å². The predicted octanol–water partition coefficient (Wildman–Crippen LogP) is 9.86. The van der Waals surface area contributed by atoms with Crippen LogP contribution < -0.4 is 0 Å². The van der Waals surface area contributed by atoms with Gasteiger partial charge in [0.2, 0.25) is 0 Å². The van der Waals surface area contributed by atoms with E-state index in [0.29, 0.717) is 0 Å².